The highest BCUT2D eigenvalue weighted by molar-refractivity contribution is 6.14. The SMILES string of the molecule is CCCCCc1cc(OC(=O)NCCCC(=O)C2C=C(F)C(=O)NC2=O)c(C2C=C(C)CCC2)c(OC(=O)NCCCC(=O)n2cc(F)c(=O)[nH]c2=O)c1. The number of Topliss-reactive ketones (excluding diaryl/α,β-unsaturated/α-hetero) is 1. The summed E-state index contributed by atoms with van der Waals surface area (Å²) < 4.78 is 39.3. The average molecular weight is 756 g/mol. The van der Waals surface area contributed by atoms with Crippen molar-refractivity contribution in [2.75, 3.05) is 13.1 Å². The highest BCUT2D eigenvalue weighted by atomic mass is 19.1. The van der Waals surface area contributed by atoms with Gasteiger partial charge in [-0.2, -0.15) is 4.39 Å². The molecule has 1 aliphatic heterocycles. The van der Waals surface area contributed by atoms with Gasteiger partial charge in [-0.3, -0.25) is 34.3 Å². The van der Waals surface area contributed by atoms with Crippen molar-refractivity contribution in [1.82, 2.24) is 25.5 Å². The number of aromatic amines is 1. The summed E-state index contributed by atoms with van der Waals surface area (Å²) in [5.41, 5.74) is -0.0155. The van der Waals surface area contributed by atoms with Crippen molar-refractivity contribution >= 4 is 35.7 Å². The summed E-state index contributed by atoms with van der Waals surface area (Å²) in [6.45, 7) is 3.94. The minimum absolute atomic E-state index is 0.0297. The van der Waals surface area contributed by atoms with Gasteiger partial charge in [-0.05, 0) is 75.6 Å². The maximum absolute atomic E-state index is 13.6. The number of imide groups is 1. The highest BCUT2D eigenvalue weighted by Crippen LogP contribution is 2.43. The normalized spacial score (nSPS) is 16.8. The van der Waals surface area contributed by atoms with Crippen molar-refractivity contribution in [2.45, 2.75) is 90.4 Å². The van der Waals surface area contributed by atoms with Crippen LogP contribution in [-0.2, 0) is 20.8 Å². The Labute approximate surface area is 308 Å². The molecule has 1 aromatic carbocycles. The predicted molar refractivity (Wildman–Crippen MR) is 189 cm³/mol. The Morgan fingerprint density at radius 2 is 1.56 bits per heavy atom. The molecular formula is C37H43F2N5O10. The second-order valence-electron chi connectivity index (χ2n) is 13.1. The largest absolute Gasteiger partial charge is 0.412 e. The van der Waals surface area contributed by atoms with Gasteiger partial charge in [-0.15, -0.1) is 0 Å². The van der Waals surface area contributed by atoms with Gasteiger partial charge in [0.1, 0.15) is 23.2 Å². The number of carbonyl (C=O) groups excluding carboxylic acids is 6. The van der Waals surface area contributed by atoms with Gasteiger partial charge in [-0.1, -0.05) is 31.4 Å². The summed E-state index contributed by atoms with van der Waals surface area (Å²) >= 11 is 0. The Morgan fingerprint density at radius 1 is 0.907 bits per heavy atom. The topological polar surface area (TPSA) is 212 Å². The first-order chi connectivity index (χ1) is 25.8. The molecule has 0 radical (unpaired) electrons. The summed E-state index contributed by atoms with van der Waals surface area (Å²) in [7, 11) is 0. The minimum Gasteiger partial charge on any atom is -0.410 e. The number of ether oxygens (including phenoxy) is 2. The van der Waals surface area contributed by atoms with Crippen LogP contribution in [0.4, 0.5) is 18.4 Å². The number of benzene rings is 1. The number of halogens is 2. The fourth-order valence-electron chi connectivity index (χ4n) is 6.10. The molecule has 54 heavy (non-hydrogen) atoms. The lowest BCUT2D eigenvalue weighted by Gasteiger charge is -2.25. The van der Waals surface area contributed by atoms with Gasteiger partial charge < -0.3 is 20.1 Å². The van der Waals surface area contributed by atoms with Gasteiger partial charge in [0.25, 0.3) is 11.5 Å². The third kappa shape index (κ3) is 11.4. The van der Waals surface area contributed by atoms with Crippen LogP contribution in [0, 0.1) is 11.7 Å². The van der Waals surface area contributed by atoms with E-state index >= 15 is 0 Å². The molecule has 0 bridgehead atoms. The van der Waals surface area contributed by atoms with Gasteiger partial charge >= 0.3 is 17.9 Å². The lowest BCUT2D eigenvalue weighted by atomic mass is 9.84. The second-order valence-corrected chi connectivity index (χ2v) is 13.1. The number of H-pyrrole nitrogens is 1. The number of aromatic nitrogens is 2. The van der Waals surface area contributed by atoms with Gasteiger partial charge in [0.05, 0.1) is 6.20 Å². The molecule has 2 aromatic rings. The minimum atomic E-state index is -1.45. The van der Waals surface area contributed by atoms with E-state index in [1.54, 1.807) is 22.4 Å². The fraction of sp³-hybridized carbons (Fsp3) is 0.459. The number of hydrogen-bond acceptors (Lipinski definition) is 10. The molecule has 0 spiro atoms. The molecule has 290 valence electrons. The molecule has 2 atom stereocenters. The van der Waals surface area contributed by atoms with Crippen molar-refractivity contribution in [1.29, 1.82) is 0 Å². The summed E-state index contributed by atoms with van der Waals surface area (Å²) in [6, 6.07) is 3.46. The van der Waals surface area contributed by atoms with Crippen molar-refractivity contribution < 1.29 is 47.0 Å². The third-order valence-electron chi connectivity index (χ3n) is 8.85. The summed E-state index contributed by atoms with van der Waals surface area (Å²) in [4.78, 5) is 99.2. The van der Waals surface area contributed by atoms with Crippen LogP contribution in [0.2, 0.25) is 0 Å². The number of amides is 4. The van der Waals surface area contributed by atoms with Crippen LogP contribution in [-0.4, -0.2) is 58.3 Å². The van der Waals surface area contributed by atoms with Crippen molar-refractivity contribution in [2.24, 2.45) is 5.92 Å². The Bertz CT molecular complexity index is 1970. The monoisotopic (exact) mass is 755 g/mol. The maximum Gasteiger partial charge on any atom is 0.412 e. The molecule has 4 N–H and O–H groups in total. The zero-order valence-corrected chi connectivity index (χ0v) is 30.0. The van der Waals surface area contributed by atoms with E-state index < -0.39 is 64.5 Å². The number of carbonyl (C=O) groups is 6. The first-order valence-corrected chi connectivity index (χ1v) is 17.8. The smallest absolute Gasteiger partial charge is 0.410 e. The van der Waals surface area contributed by atoms with E-state index in [0.29, 0.717) is 35.2 Å². The average Bonchev–Trinajstić information content (AvgIpc) is 3.11. The van der Waals surface area contributed by atoms with E-state index in [0.717, 1.165) is 43.2 Å². The number of ketones is 1. The number of nitrogens with zero attached hydrogens (tertiary/aromatic N) is 1. The van der Waals surface area contributed by atoms with Crippen LogP contribution in [0.15, 0.2) is 51.5 Å². The van der Waals surface area contributed by atoms with E-state index in [4.69, 9.17) is 9.47 Å². The Morgan fingerprint density at radius 3 is 2.19 bits per heavy atom. The zero-order chi connectivity index (χ0) is 39.4. The van der Waals surface area contributed by atoms with E-state index in [9.17, 15) is 47.1 Å². The second kappa shape index (κ2) is 19.4. The van der Waals surface area contributed by atoms with Crippen LogP contribution in [0.3, 0.4) is 0 Å². The molecule has 0 saturated heterocycles. The molecule has 2 heterocycles. The zero-order valence-electron chi connectivity index (χ0n) is 30.0. The van der Waals surface area contributed by atoms with E-state index in [2.05, 4.69) is 17.6 Å². The summed E-state index contributed by atoms with van der Waals surface area (Å²) in [6.07, 6.45) is 6.85. The molecule has 4 rings (SSSR count). The summed E-state index contributed by atoms with van der Waals surface area (Å²) in [5, 5.41) is 6.91. The quantitative estimate of drug-likeness (QED) is 0.0821. The van der Waals surface area contributed by atoms with Crippen molar-refractivity contribution in [3.8, 4) is 11.5 Å². The highest BCUT2D eigenvalue weighted by Gasteiger charge is 2.32. The molecule has 2 aliphatic rings. The lowest BCUT2D eigenvalue weighted by Crippen LogP contribution is -2.42. The molecule has 17 heteroatoms. The number of rotatable bonds is 16. The molecule has 15 nitrogen and oxygen atoms in total. The molecule has 1 aliphatic carbocycles. The predicted octanol–water partition coefficient (Wildman–Crippen LogP) is 4.39. The van der Waals surface area contributed by atoms with Gasteiger partial charge in [0, 0.05) is 37.4 Å². The van der Waals surface area contributed by atoms with Crippen LogP contribution in [0.1, 0.15) is 99.9 Å². The molecule has 4 amide bonds. The first kappa shape index (κ1) is 41.0. The molecule has 1 aromatic heterocycles. The molecular weight excluding hydrogens is 712 g/mol. The Kier molecular flexibility index (Phi) is 14.7. The third-order valence-corrected chi connectivity index (χ3v) is 8.85. The number of nitrogens with one attached hydrogen (secondary N) is 4. The van der Waals surface area contributed by atoms with Crippen LogP contribution in [0.25, 0.3) is 0 Å². The summed E-state index contributed by atoms with van der Waals surface area (Å²) in [5.74, 6) is -7.44. The molecule has 0 fully saturated rings. The van der Waals surface area contributed by atoms with Crippen LogP contribution < -0.4 is 36.7 Å². The Hall–Kier alpha value is -5.74. The van der Waals surface area contributed by atoms with Gasteiger partial charge in [-0.25, -0.2) is 23.3 Å². The van der Waals surface area contributed by atoms with E-state index in [-0.39, 0.29) is 56.2 Å². The van der Waals surface area contributed by atoms with Crippen LogP contribution in [0.5, 0.6) is 11.5 Å². The maximum atomic E-state index is 13.6. The van der Waals surface area contributed by atoms with Crippen molar-refractivity contribution in [3.05, 3.63) is 79.7 Å². The number of allylic oxidation sites excluding steroid dienone is 2. The first-order valence-electron chi connectivity index (χ1n) is 17.8. The molecule has 2 unspecified atom stereocenters. The van der Waals surface area contributed by atoms with Gasteiger partial charge in [0.2, 0.25) is 17.6 Å². The molecule has 0 saturated carbocycles. The number of unbranched alkanes of at least 4 members (excludes halogenated alkanes) is 2. The Balaban J connectivity index is 1.45. The standard InChI is InChI=1S/C37H43F2N5O10/c1-3-4-5-10-22-17-28(53-36(51)40-14-7-12-27(45)24-19-25(38)33(48)42-32(24)47)31(23-11-6-9-21(2)16-23)29(18-22)54-37(52)41-15-8-13-30(46)44-20-26(39)34(49)43-35(44)50/h16-20,23-24H,3-15H2,1-2H3,(H,40,51)(H,41,52)(H,42,47,48)(H,43,49,50). The number of aryl methyl sites for hydroxylation is 1. The fourth-order valence-corrected chi connectivity index (χ4v) is 6.10. The lowest BCUT2D eigenvalue weighted by molar-refractivity contribution is -0.136. The van der Waals surface area contributed by atoms with Crippen molar-refractivity contribution in [3.63, 3.8) is 0 Å². The van der Waals surface area contributed by atoms with Crippen LogP contribution >= 0.6 is 0 Å². The van der Waals surface area contributed by atoms with E-state index in [1.165, 1.54) is 0 Å². The van der Waals surface area contributed by atoms with Gasteiger partial charge in [0.15, 0.2) is 5.83 Å². The number of hydrogen-bond donors (Lipinski definition) is 4. The van der Waals surface area contributed by atoms with E-state index in [1.807, 2.05) is 13.0 Å².